The molecule has 0 aliphatic rings. The quantitative estimate of drug-likeness (QED) is 0.742. The van der Waals surface area contributed by atoms with Gasteiger partial charge in [-0.1, -0.05) is 29.3 Å². The van der Waals surface area contributed by atoms with Crippen molar-refractivity contribution in [2.24, 2.45) is 0 Å². The monoisotopic (exact) mass is 296 g/mol. The molecule has 2 aromatic carbocycles. The molecule has 6 heteroatoms. The van der Waals surface area contributed by atoms with Crippen LogP contribution in [-0.4, -0.2) is 11.0 Å². The number of hydrogen-bond acceptors (Lipinski definition) is 3. The number of nitrogens with one attached hydrogen (secondary N) is 1. The number of anilines is 2. The van der Waals surface area contributed by atoms with E-state index in [0.717, 1.165) is 0 Å². The van der Waals surface area contributed by atoms with Gasteiger partial charge in [-0.3, -0.25) is 4.79 Å². The molecule has 0 aliphatic carbocycles. The zero-order chi connectivity index (χ0) is 14.0. The van der Waals surface area contributed by atoms with Crippen molar-refractivity contribution in [2.45, 2.75) is 0 Å². The molecule has 0 atom stereocenters. The average molecular weight is 297 g/mol. The fourth-order valence-electron chi connectivity index (χ4n) is 1.52. The minimum Gasteiger partial charge on any atom is -0.508 e. The second-order valence-electron chi connectivity index (χ2n) is 3.83. The summed E-state index contributed by atoms with van der Waals surface area (Å²) < 4.78 is 0. The molecule has 0 aliphatic heterocycles. The van der Waals surface area contributed by atoms with Gasteiger partial charge in [0.2, 0.25) is 0 Å². The summed E-state index contributed by atoms with van der Waals surface area (Å²) in [6.07, 6.45) is 0. The third-order valence-corrected chi connectivity index (χ3v) is 3.22. The van der Waals surface area contributed by atoms with Crippen LogP contribution in [0.5, 0.6) is 5.75 Å². The highest BCUT2D eigenvalue weighted by Crippen LogP contribution is 2.29. The molecular formula is C13H10Cl2N2O2. The number of nitrogen functional groups attached to an aromatic ring is 1. The van der Waals surface area contributed by atoms with Gasteiger partial charge in [-0.05, 0) is 30.3 Å². The zero-order valence-corrected chi connectivity index (χ0v) is 11.2. The molecule has 0 spiro atoms. The van der Waals surface area contributed by atoms with Crippen molar-refractivity contribution in [1.29, 1.82) is 0 Å². The van der Waals surface area contributed by atoms with Crippen molar-refractivity contribution >= 4 is 40.5 Å². The minimum absolute atomic E-state index is 0.0479. The smallest absolute Gasteiger partial charge is 0.257 e. The van der Waals surface area contributed by atoms with Crippen LogP contribution in [0.25, 0.3) is 0 Å². The first-order valence-electron chi connectivity index (χ1n) is 5.33. The Bertz CT molecular complexity index is 645. The molecule has 2 aromatic rings. The number of carbonyl (C=O) groups excluding carboxylic acids is 1. The van der Waals surface area contributed by atoms with E-state index in [2.05, 4.69) is 5.32 Å². The topological polar surface area (TPSA) is 75.3 Å². The molecule has 0 aromatic heterocycles. The van der Waals surface area contributed by atoms with Crippen LogP contribution in [0.1, 0.15) is 10.4 Å². The van der Waals surface area contributed by atoms with E-state index in [1.54, 1.807) is 18.2 Å². The van der Waals surface area contributed by atoms with E-state index in [1.165, 1.54) is 18.2 Å². The average Bonchev–Trinajstić information content (AvgIpc) is 2.38. The molecule has 0 saturated carbocycles. The fourth-order valence-corrected chi connectivity index (χ4v) is 1.90. The van der Waals surface area contributed by atoms with Crippen molar-refractivity contribution in [1.82, 2.24) is 0 Å². The lowest BCUT2D eigenvalue weighted by atomic mass is 10.2. The van der Waals surface area contributed by atoms with Gasteiger partial charge in [-0.2, -0.15) is 0 Å². The summed E-state index contributed by atoms with van der Waals surface area (Å²) in [7, 11) is 0. The molecule has 0 radical (unpaired) electrons. The van der Waals surface area contributed by atoms with Gasteiger partial charge >= 0.3 is 0 Å². The Kier molecular flexibility index (Phi) is 3.83. The SMILES string of the molecule is Nc1cccc(NC(=O)c2cc(O)ccc2Cl)c1Cl. The Morgan fingerprint density at radius 2 is 1.95 bits per heavy atom. The minimum atomic E-state index is -0.478. The number of nitrogens with two attached hydrogens (primary N) is 1. The standard InChI is InChI=1S/C13H10Cl2N2O2/c14-9-5-4-7(18)6-8(9)13(19)17-11-3-1-2-10(16)12(11)15/h1-6,18H,16H2,(H,17,19). The Morgan fingerprint density at radius 3 is 2.68 bits per heavy atom. The lowest BCUT2D eigenvalue weighted by Crippen LogP contribution is -2.13. The van der Waals surface area contributed by atoms with Crippen LogP contribution >= 0.6 is 23.2 Å². The van der Waals surface area contributed by atoms with Gasteiger partial charge in [0.15, 0.2) is 0 Å². The highest BCUT2D eigenvalue weighted by Gasteiger charge is 2.13. The number of hydrogen-bond donors (Lipinski definition) is 3. The second kappa shape index (κ2) is 5.38. The number of benzene rings is 2. The molecule has 0 unspecified atom stereocenters. The van der Waals surface area contributed by atoms with Crippen molar-refractivity contribution in [3.8, 4) is 5.75 Å². The molecular weight excluding hydrogens is 287 g/mol. The highest BCUT2D eigenvalue weighted by molar-refractivity contribution is 6.37. The van der Waals surface area contributed by atoms with Crippen molar-refractivity contribution < 1.29 is 9.90 Å². The van der Waals surface area contributed by atoms with Crippen LogP contribution in [0, 0.1) is 0 Å². The largest absolute Gasteiger partial charge is 0.508 e. The normalized spacial score (nSPS) is 10.2. The van der Waals surface area contributed by atoms with Crippen LogP contribution in [0.4, 0.5) is 11.4 Å². The maximum Gasteiger partial charge on any atom is 0.257 e. The number of rotatable bonds is 2. The highest BCUT2D eigenvalue weighted by atomic mass is 35.5. The first kappa shape index (κ1) is 13.5. The number of aromatic hydroxyl groups is 1. The Hall–Kier alpha value is -1.91. The van der Waals surface area contributed by atoms with Gasteiger partial charge in [0.25, 0.3) is 5.91 Å². The summed E-state index contributed by atoms with van der Waals surface area (Å²) in [5.41, 5.74) is 6.54. The van der Waals surface area contributed by atoms with E-state index < -0.39 is 5.91 Å². The van der Waals surface area contributed by atoms with Gasteiger partial charge < -0.3 is 16.2 Å². The molecule has 4 nitrogen and oxygen atoms in total. The number of phenols is 1. The number of amides is 1. The van der Waals surface area contributed by atoms with E-state index in [1.807, 2.05) is 0 Å². The molecule has 2 rings (SSSR count). The fraction of sp³-hybridized carbons (Fsp3) is 0. The number of halogens is 2. The number of phenolic OH excluding ortho intramolecular Hbond substituents is 1. The maximum absolute atomic E-state index is 12.0. The van der Waals surface area contributed by atoms with Crippen molar-refractivity contribution in [3.63, 3.8) is 0 Å². The van der Waals surface area contributed by atoms with Gasteiger partial charge in [0.05, 0.1) is 27.0 Å². The molecule has 0 saturated heterocycles. The molecule has 0 heterocycles. The van der Waals surface area contributed by atoms with E-state index in [9.17, 15) is 9.90 Å². The summed E-state index contributed by atoms with van der Waals surface area (Å²) >= 11 is 11.9. The Balaban J connectivity index is 2.31. The van der Waals surface area contributed by atoms with Crippen LogP contribution in [-0.2, 0) is 0 Å². The molecule has 0 fully saturated rings. The molecule has 4 N–H and O–H groups in total. The van der Waals surface area contributed by atoms with Crippen molar-refractivity contribution in [2.75, 3.05) is 11.1 Å². The van der Waals surface area contributed by atoms with E-state index in [-0.39, 0.29) is 21.4 Å². The molecule has 1 amide bonds. The summed E-state index contributed by atoms with van der Waals surface area (Å²) in [5, 5.41) is 12.4. The van der Waals surface area contributed by atoms with Gasteiger partial charge in [-0.25, -0.2) is 0 Å². The van der Waals surface area contributed by atoms with E-state index in [4.69, 9.17) is 28.9 Å². The second-order valence-corrected chi connectivity index (χ2v) is 4.61. The summed E-state index contributed by atoms with van der Waals surface area (Å²) in [5.74, 6) is -0.526. The molecule has 98 valence electrons. The summed E-state index contributed by atoms with van der Waals surface area (Å²) in [6.45, 7) is 0. The lowest BCUT2D eigenvalue weighted by molar-refractivity contribution is 0.102. The summed E-state index contributed by atoms with van der Waals surface area (Å²) in [4.78, 5) is 12.0. The van der Waals surface area contributed by atoms with E-state index >= 15 is 0 Å². The molecule has 19 heavy (non-hydrogen) atoms. The first-order chi connectivity index (χ1) is 8.99. The maximum atomic E-state index is 12.0. The zero-order valence-electron chi connectivity index (χ0n) is 9.65. The van der Waals surface area contributed by atoms with Gasteiger partial charge in [0, 0.05) is 0 Å². The van der Waals surface area contributed by atoms with Crippen LogP contribution in [0.15, 0.2) is 36.4 Å². The lowest BCUT2D eigenvalue weighted by Gasteiger charge is -2.10. The predicted molar refractivity (Wildman–Crippen MR) is 76.9 cm³/mol. The molecule has 0 bridgehead atoms. The van der Waals surface area contributed by atoms with Gasteiger partial charge in [-0.15, -0.1) is 0 Å². The van der Waals surface area contributed by atoms with Crippen molar-refractivity contribution in [3.05, 3.63) is 52.0 Å². The third kappa shape index (κ3) is 2.92. The summed E-state index contributed by atoms with van der Waals surface area (Å²) in [6, 6.07) is 9.02. The first-order valence-corrected chi connectivity index (χ1v) is 6.08. The Morgan fingerprint density at radius 1 is 1.21 bits per heavy atom. The Labute approximate surface area is 119 Å². The van der Waals surface area contributed by atoms with Crippen LogP contribution < -0.4 is 11.1 Å². The van der Waals surface area contributed by atoms with E-state index in [0.29, 0.717) is 11.4 Å². The van der Waals surface area contributed by atoms with Gasteiger partial charge in [0.1, 0.15) is 5.75 Å². The number of carbonyl (C=O) groups is 1. The van der Waals surface area contributed by atoms with Crippen LogP contribution in [0.2, 0.25) is 10.0 Å². The predicted octanol–water partition coefficient (Wildman–Crippen LogP) is 3.53. The van der Waals surface area contributed by atoms with Crippen LogP contribution in [0.3, 0.4) is 0 Å². The third-order valence-electron chi connectivity index (χ3n) is 2.47.